The number of nitrogens with one attached hydrogen (secondary N) is 1. The lowest BCUT2D eigenvalue weighted by Crippen LogP contribution is -2.41. The molecule has 0 spiro atoms. The molecule has 152 valence electrons. The fourth-order valence-electron chi connectivity index (χ4n) is 3.42. The fraction of sp³-hybridized carbons (Fsp3) is 0.421. The van der Waals surface area contributed by atoms with Gasteiger partial charge in [0, 0.05) is 39.2 Å². The number of nitrogens with zero attached hydrogens (tertiary/aromatic N) is 5. The molecule has 1 fully saturated rings. The van der Waals surface area contributed by atoms with Crippen LogP contribution >= 0.6 is 11.3 Å². The van der Waals surface area contributed by atoms with Crippen molar-refractivity contribution in [2.75, 3.05) is 20.1 Å². The first kappa shape index (κ1) is 19.3. The van der Waals surface area contributed by atoms with E-state index in [9.17, 15) is 9.59 Å². The predicted octanol–water partition coefficient (Wildman–Crippen LogP) is 2.15. The average molecular weight is 414 g/mol. The maximum absolute atomic E-state index is 12.7. The van der Waals surface area contributed by atoms with E-state index in [0.29, 0.717) is 36.8 Å². The van der Waals surface area contributed by atoms with E-state index in [1.54, 1.807) is 35.3 Å². The Hall–Kier alpha value is -3.01. The van der Waals surface area contributed by atoms with Crippen LogP contribution in [0.1, 0.15) is 41.7 Å². The minimum atomic E-state index is -0.214. The van der Waals surface area contributed by atoms with Crippen LogP contribution in [0.2, 0.25) is 0 Å². The maximum Gasteiger partial charge on any atom is 0.271 e. The lowest BCUT2D eigenvalue weighted by molar-refractivity contribution is -0.133. The second-order valence-corrected chi connectivity index (χ2v) is 7.83. The van der Waals surface area contributed by atoms with Gasteiger partial charge in [0.05, 0.1) is 10.9 Å². The predicted molar refractivity (Wildman–Crippen MR) is 106 cm³/mol. The third-order valence-electron chi connectivity index (χ3n) is 4.95. The van der Waals surface area contributed by atoms with Gasteiger partial charge in [0.2, 0.25) is 17.6 Å². The summed E-state index contributed by atoms with van der Waals surface area (Å²) in [5.41, 5.74) is 0.383. The highest BCUT2D eigenvalue weighted by molar-refractivity contribution is 7.13. The fourth-order valence-corrected chi connectivity index (χ4v) is 4.07. The zero-order valence-corrected chi connectivity index (χ0v) is 16.9. The van der Waals surface area contributed by atoms with E-state index >= 15 is 0 Å². The number of thiophene rings is 1. The standard InChI is InChI=1S/C19H22N6O3S/c1-20-19(27)14-8-10-25(22-14)13-4-2-9-24(12-13)17(26)7-6-16-21-18(23-28-16)15-5-3-11-29-15/h3,5,8,10-11,13H,2,4,6-7,9,12H2,1H3,(H,20,27)/t13-/m1/s1. The van der Waals surface area contributed by atoms with Crippen molar-refractivity contribution in [2.24, 2.45) is 0 Å². The van der Waals surface area contributed by atoms with Gasteiger partial charge in [0.15, 0.2) is 0 Å². The summed E-state index contributed by atoms with van der Waals surface area (Å²) in [7, 11) is 1.58. The second-order valence-electron chi connectivity index (χ2n) is 6.88. The molecule has 0 saturated carbocycles. The van der Waals surface area contributed by atoms with E-state index in [-0.39, 0.29) is 17.9 Å². The number of hydrogen-bond acceptors (Lipinski definition) is 7. The van der Waals surface area contributed by atoms with Crippen molar-refractivity contribution in [2.45, 2.75) is 31.7 Å². The van der Waals surface area contributed by atoms with Crippen molar-refractivity contribution in [1.82, 2.24) is 30.1 Å². The van der Waals surface area contributed by atoms with Gasteiger partial charge in [0.1, 0.15) is 5.69 Å². The van der Waals surface area contributed by atoms with Gasteiger partial charge in [-0.3, -0.25) is 14.3 Å². The van der Waals surface area contributed by atoms with Crippen molar-refractivity contribution in [3.05, 3.63) is 41.4 Å². The van der Waals surface area contributed by atoms with E-state index in [1.807, 2.05) is 22.4 Å². The third-order valence-corrected chi connectivity index (χ3v) is 5.82. The summed E-state index contributed by atoms with van der Waals surface area (Å²) in [5.74, 6) is 0.877. The largest absolute Gasteiger partial charge is 0.354 e. The van der Waals surface area contributed by atoms with Gasteiger partial charge in [0.25, 0.3) is 5.91 Å². The van der Waals surface area contributed by atoms with Crippen LogP contribution in [0.15, 0.2) is 34.3 Å². The van der Waals surface area contributed by atoms with Crippen LogP contribution in [-0.4, -0.2) is 56.8 Å². The molecule has 0 unspecified atom stereocenters. The second kappa shape index (κ2) is 8.56. The molecule has 2 amide bonds. The quantitative estimate of drug-likeness (QED) is 0.662. The average Bonchev–Trinajstić information content (AvgIpc) is 3.52. The molecule has 4 rings (SSSR count). The van der Waals surface area contributed by atoms with Crippen LogP contribution in [-0.2, 0) is 11.2 Å². The molecule has 10 heteroatoms. The third kappa shape index (κ3) is 4.37. The number of hydrogen-bond donors (Lipinski definition) is 1. The zero-order chi connectivity index (χ0) is 20.2. The van der Waals surface area contributed by atoms with Gasteiger partial charge in [-0.05, 0) is 30.4 Å². The van der Waals surface area contributed by atoms with E-state index in [4.69, 9.17) is 4.52 Å². The molecule has 0 radical (unpaired) electrons. The molecule has 1 aliphatic heterocycles. The molecule has 3 aromatic heterocycles. The monoisotopic (exact) mass is 414 g/mol. The summed E-state index contributed by atoms with van der Waals surface area (Å²) in [6.07, 6.45) is 4.36. The lowest BCUT2D eigenvalue weighted by atomic mass is 10.1. The first-order valence-corrected chi connectivity index (χ1v) is 10.4. The summed E-state index contributed by atoms with van der Waals surface area (Å²) in [6.45, 7) is 1.31. The minimum absolute atomic E-state index is 0.0595. The summed E-state index contributed by atoms with van der Waals surface area (Å²) < 4.78 is 7.06. The van der Waals surface area contributed by atoms with Crippen molar-refractivity contribution in [3.63, 3.8) is 0 Å². The highest BCUT2D eigenvalue weighted by atomic mass is 32.1. The van der Waals surface area contributed by atoms with Gasteiger partial charge >= 0.3 is 0 Å². The molecular formula is C19H22N6O3S. The Morgan fingerprint density at radius 1 is 1.38 bits per heavy atom. The number of likely N-dealkylation sites (tertiary alicyclic amines) is 1. The Bertz CT molecular complexity index is 980. The van der Waals surface area contributed by atoms with Crippen LogP contribution in [0.4, 0.5) is 0 Å². The summed E-state index contributed by atoms with van der Waals surface area (Å²) >= 11 is 1.55. The van der Waals surface area contributed by atoms with Gasteiger partial charge in [-0.25, -0.2) is 0 Å². The van der Waals surface area contributed by atoms with Crippen LogP contribution < -0.4 is 5.32 Å². The molecule has 9 nitrogen and oxygen atoms in total. The number of piperidine rings is 1. The molecule has 1 N–H and O–H groups in total. The SMILES string of the molecule is CNC(=O)c1ccn([C@@H]2CCCN(C(=O)CCc3nc(-c4cccs4)no3)C2)n1. The molecular weight excluding hydrogens is 392 g/mol. The van der Waals surface area contributed by atoms with Gasteiger partial charge < -0.3 is 14.7 Å². The van der Waals surface area contributed by atoms with Crippen molar-refractivity contribution >= 4 is 23.2 Å². The van der Waals surface area contributed by atoms with E-state index in [0.717, 1.165) is 24.3 Å². The van der Waals surface area contributed by atoms with Crippen molar-refractivity contribution in [1.29, 1.82) is 0 Å². The minimum Gasteiger partial charge on any atom is -0.354 e. The zero-order valence-electron chi connectivity index (χ0n) is 16.1. The molecule has 0 aliphatic carbocycles. The first-order chi connectivity index (χ1) is 14.1. The number of aromatic nitrogens is 4. The van der Waals surface area contributed by atoms with Crippen LogP contribution in [0.25, 0.3) is 10.7 Å². The highest BCUT2D eigenvalue weighted by Crippen LogP contribution is 2.23. The Morgan fingerprint density at radius 3 is 3.07 bits per heavy atom. The molecule has 3 aromatic rings. The Labute approximate surface area is 171 Å². The molecule has 1 atom stereocenters. The van der Waals surface area contributed by atoms with Gasteiger partial charge in [-0.15, -0.1) is 11.3 Å². The molecule has 4 heterocycles. The Kier molecular flexibility index (Phi) is 5.70. The Balaban J connectivity index is 1.33. The summed E-state index contributed by atoms with van der Waals surface area (Å²) in [6, 6.07) is 5.63. The molecule has 1 saturated heterocycles. The topological polar surface area (TPSA) is 106 Å². The lowest BCUT2D eigenvalue weighted by Gasteiger charge is -2.32. The van der Waals surface area contributed by atoms with Crippen LogP contribution in [0.3, 0.4) is 0 Å². The highest BCUT2D eigenvalue weighted by Gasteiger charge is 2.26. The number of carbonyl (C=O) groups is 2. The smallest absolute Gasteiger partial charge is 0.271 e. The number of carbonyl (C=O) groups excluding carboxylic acids is 2. The van der Waals surface area contributed by atoms with Crippen LogP contribution in [0, 0.1) is 0 Å². The van der Waals surface area contributed by atoms with Gasteiger partial charge in [-0.2, -0.15) is 10.1 Å². The number of aryl methyl sites for hydroxylation is 1. The van der Waals surface area contributed by atoms with E-state index < -0.39 is 0 Å². The normalized spacial score (nSPS) is 16.7. The maximum atomic E-state index is 12.7. The first-order valence-electron chi connectivity index (χ1n) is 9.55. The number of amides is 2. The van der Waals surface area contributed by atoms with Crippen molar-refractivity contribution < 1.29 is 14.1 Å². The van der Waals surface area contributed by atoms with Crippen molar-refractivity contribution in [3.8, 4) is 10.7 Å². The summed E-state index contributed by atoms with van der Waals surface area (Å²) in [5, 5.41) is 12.9. The molecule has 1 aliphatic rings. The molecule has 0 bridgehead atoms. The molecule has 0 aromatic carbocycles. The molecule has 29 heavy (non-hydrogen) atoms. The van der Waals surface area contributed by atoms with E-state index in [1.165, 1.54) is 0 Å². The van der Waals surface area contributed by atoms with Gasteiger partial charge in [-0.1, -0.05) is 11.2 Å². The Morgan fingerprint density at radius 2 is 2.28 bits per heavy atom. The van der Waals surface area contributed by atoms with Crippen LogP contribution in [0.5, 0.6) is 0 Å². The van der Waals surface area contributed by atoms with E-state index in [2.05, 4.69) is 20.6 Å². The number of rotatable bonds is 6. The summed E-state index contributed by atoms with van der Waals surface area (Å²) in [4.78, 5) is 31.6.